The number of imide groups is 1. The maximum absolute atomic E-state index is 12.7. The van der Waals surface area contributed by atoms with Crippen molar-refractivity contribution >= 4 is 68.3 Å². The molecule has 0 aromatic heterocycles. The van der Waals surface area contributed by atoms with Gasteiger partial charge in [-0.3, -0.25) is 19.3 Å². The molecule has 0 saturated carbocycles. The van der Waals surface area contributed by atoms with E-state index in [9.17, 15) is 19.5 Å². The maximum atomic E-state index is 12.7. The molecule has 0 atom stereocenters. The van der Waals surface area contributed by atoms with Crippen molar-refractivity contribution in [1.29, 1.82) is 0 Å². The number of amides is 3. The quantitative estimate of drug-likeness (QED) is 0.392. The van der Waals surface area contributed by atoms with E-state index in [2.05, 4.69) is 21.2 Å². The molecule has 1 saturated heterocycles. The lowest BCUT2D eigenvalue weighted by atomic mass is 10.2. The molecule has 1 aliphatic rings. The molecule has 2 aromatic rings. The van der Waals surface area contributed by atoms with Crippen molar-refractivity contribution in [1.82, 2.24) is 4.90 Å². The summed E-state index contributed by atoms with van der Waals surface area (Å²) in [4.78, 5) is 39.5. The third kappa shape index (κ3) is 5.63. The maximum Gasteiger partial charge on any atom is 0.294 e. The summed E-state index contributed by atoms with van der Waals surface area (Å²) in [6.45, 7) is 1.77. The topological polar surface area (TPSA) is 95.9 Å². The Labute approximate surface area is 196 Å². The first-order valence-electron chi connectivity index (χ1n) is 9.17. The lowest BCUT2D eigenvalue weighted by Gasteiger charge is -2.13. The van der Waals surface area contributed by atoms with Gasteiger partial charge < -0.3 is 15.2 Å². The summed E-state index contributed by atoms with van der Waals surface area (Å²) >= 11 is 5.63. The molecule has 3 rings (SSSR count). The van der Waals surface area contributed by atoms with Crippen LogP contribution < -0.4 is 10.1 Å². The van der Waals surface area contributed by atoms with Gasteiger partial charge in [0, 0.05) is 15.1 Å². The van der Waals surface area contributed by atoms with Crippen molar-refractivity contribution in [3.8, 4) is 11.5 Å². The first-order chi connectivity index (χ1) is 14.8. The van der Waals surface area contributed by atoms with Gasteiger partial charge >= 0.3 is 0 Å². The Kier molecular flexibility index (Phi) is 7.69. The van der Waals surface area contributed by atoms with Crippen LogP contribution in [-0.4, -0.2) is 46.5 Å². The summed E-state index contributed by atoms with van der Waals surface area (Å²) in [5, 5.41) is 12.1. The van der Waals surface area contributed by atoms with E-state index in [1.54, 1.807) is 30.8 Å². The van der Waals surface area contributed by atoms with Gasteiger partial charge in [0.05, 0.1) is 11.5 Å². The van der Waals surface area contributed by atoms with E-state index >= 15 is 0 Å². The van der Waals surface area contributed by atoms with E-state index in [4.69, 9.17) is 4.74 Å². The fraction of sp³-hybridized carbons (Fsp3) is 0.190. The monoisotopic (exact) mass is 522 g/mol. The number of nitrogens with one attached hydrogen (secondary N) is 1. The van der Waals surface area contributed by atoms with E-state index in [-0.39, 0.29) is 22.9 Å². The molecule has 0 radical (unpaired) electrons. The first kappa shape index (κ1) is 23.2. The fourth-order valence-electron chi connectivity index (χ4n) is 2.76. The standard InChI is InChI=1S/C21H19BrN2O5S2/c1-3-29-17-7-12(15(22)10-16(17)25)8-18-20(27)24(21(28)31-18)11-19(26)23-13-5-4-6-14(9-13)30-2/h4-10,25H,3,11H2,1-2H3,(H,23,26)/b18-8-. The van der Waals surface area contributed by atoms with E-state index in [0.29, 0.717) is 22.3 Å². The van der Waals surface area contributed by atoms with Crippen LogP contribution in [0.25, 0.3) is 6.08 Å². The smallest absolute Gasteiger partial charge is 0.294 e. The molecule has 31 heavy (non-hydrogen) atoms. The number of thioether (sulfide) groups is 2. The summed E-state index contributed by atoms with van der Waals surface area (Å²) in [6.07, 6.45) is 3.45. The zero-order valence-electron chi connectivity index (χ0n) is 16.7. The van der Waals surface area contributed by atoms with Crippen LogP contribution in [0.2, 0.25) is 0 Å². The Morgan fingerprint density at radius 2 is 2.10 bits per heavy atom. The number of benzene rings is 2. The van der Waals surface area contributed by atoms with Gasteiger partial charge in [-0.15, -0.1) is 11.8 Å². The Bertz CT molecular complexity index is 1070. The molecule has 2 aromatic carbocycles. The molecule has 0 spiro atoms. The fourth-order valence-corrected chi connectivity index (χ4v) is 4.50. The van der Waals surface area contributed by atoms with Crippen LogP contribution >= 0.6 is 39.5 Å². The van der Waals surface area contributed by atoms with Gasteiger partial charge in [0.25, 0.3) is 11.1 Å². The summed E-state index contributed by atoms with van der Waals surface area (Å²) in [7, 11) is 0. The SMILES string of the molecule is CCOc1cc(/C=C2\SC(=O)N(CC(=O)Nc3cccc(SC)c3)C2=O)c(Br)cc1O. The second-order valence-corrected chi connectivity index (χ2v) is 9.05. The lowest BCUT2D eigenvalue weighted by molar-refractivity contribution is -0.127. The Balaban J connectivity index is 1.75. The highest BCUT2D eigenvalue weighted by Crippen LogP contribution is 2.37. The highest BCUT2D eigenvalue weighted by molar-refractivity contribution is 9.10. The number of aromatic hydroxyl groups is 1. The van der Waals surface area contributed by atoms with Gasteiger partial charge in [-0.2, -0.15) is 0 Å². The minimum absolute atomic E-state index is 0.0406. The molecule has 0 bridgehead atoms. The number of ether oxygens (including phenoxy) is 1. The summed E-state index contributed by atoms with van der Waals surface area (Å²) in [5.41, 5.74) is 1.15. The number of carbonyl (C=O) groups excluding carboxylic acids is 3. The highest BCUT2D eigenvalue weighted by Gasteiger charge is 2.36. The molecule has 1 heterocycles. The average Bonchev–Trinajstić information content (AvgIpc) is 2.99. The van der Waals surface area contributed by atoms with Crippen LogP contribution in [-0.2, 0) is 9.59 Å². The van der Waals surface area contributed by atoms with Gasteiger partial charge in [0.1, 0.15) is 6.54 Å². The van der Waals surface area contributed by atoms with Gasteiger partial charge in [0.15, 0.2) is 11.5 Å². The summed E-state index contributed by atoms with van der Waals surface area (Å²) in [6, 6.07) is 10.3. The molecule has 1 fully saturated rings. The molecule has 0 aliphatic carbocycles. The van der Waals surface area contributed by atoms with E-state index in [0.717, 1.165) is 21.6 Å². The number of hydrogen-bond acceptors (Lipinski definition) is 7. The molecule has 2 N–H and O–H groups in total. The van der Waals surface area contributed by atoms with Crippen molar-refractivity contribution < 1.29 is 24.2 Å². The van der Waals surface area contributed by atoms with Crippen LogP contribution in [0, 0.1) is 0 Å². The third-order valence-electron chi connectivity index (χ3n) is 4.19. The first-order valence-corrected chi connectivity index (χ1v) is 12.0. The van der Waals surface area contributed by atoms with E-state index < -0.39 is 17.1 Å². The summed E-state index contributed by atoms with van der Waals surface area (Å²) < 4.78 is 5.90. The molecule has 3 amide bonds. The minimum Gasteiger partial charge on any atom is -0.504 e. The average molecular weight is 523 g/mol. The number of carbonyl (C=O) groups is 3. The van der Waals surface area contributed by atoms with Crippen LogP contribution in [0.4, 0.5) is 10.5 Å². The predicted molar refractivity (Wildman–Crippen MR) is 127 cm³/mol. The van der Waals surface area contributed by atoms with Gasteiger partial charge in [-0.05, 0) is 66.9 Å². The van der Waals surface area contributed by atoms with Crippen LogP contribution in [0.15, 0.2) is 50.7 Å². The molecule has 0 unspecified atom stereocenters. The van der Waals surface area contributed by atoms with Gasteiger partial charge in [-0.25, -0.2) is 0 Å². The van der Waals surface area contributed by atoms with E-state index in [1.165, 1.54) is 12.1 Å². The Morgan fingerprint density at radius 1 is 1.32 bits per heavy atom. The minimum atomic E-state index is -0.555. The van der Waals surface area contributed by atoms with Crippen molar-refractivity contribution in [3.05, 3.63) is 51.3 Å². The number of nitrogens with zero attached hydrogens (tertiary/aromatic N) is 1. The molecule has 1 aliphatic heterocycles. The van der Waals surface area contributed by atoms with Crippen LogP contribution in [0.3, 0.4) is 0 Å². The zero-order valence-corrected chi connectivity index (χ0v) is 19.9. The molecule has 162 valence electrons. The van der Waals surface area contributed by atoms with E-state index in [1.807, 2.05) is 24.5 Å². The number of anilines is 1. The van der Waals surface area contributed by atoms with Crippen molar-refractivity contribution in [2.45, 2.75) is 11.8 Å². The normalized spacial score (nSPS) is 14.9. The van der Waals surface area contributed by atoms with Crippen molar-refractivity contribution in [2.24, 2.45) is 0 Å². The Morgan fingerprint density at radius 3 is 2.81 bits per heavy atom. The molecule has 10 heteroatoms. The van der Waals surface area contributed by atoms with Gasteiger partial charge in [-0.1, -0.05) is 22.0 Å². The number of phenolic OH excluding ortho intramolecular Hbond substituents is 1. The zero-order chi connectivity index (χ0) is 22.5. The predicted octanol–water partition coefficient (Wildman–Crippen LogP) is 4.95. The van der Waals surface area contributed by atoms with Crippen LogP contribution in [0.1, 0.15) is 12.5 Å². The van der Waals surface area contributed by atoms with Crippen molar-refractivity contribution in [3.63, 3.8) is 0 Å². The number of halogens is 1. The lowest BCUT2D eigenvalue weighted by Crippen LogP contribution is -2.36. The molecule has 7 nitrogen and oxygen atoms in total. The second-order valence-electron chi connectivity index (χ2n) is 6.32. The number of rotatable bonds is 7. The highest BCUT2D eigenvalue weighted by atomic mass is 79.9. The number of phenols is 1. The third-order valence-corrected chi connectivity index (χ3v) is 6.51. The van der Waals surface area contributed by atoms with Crippen molar-refractivity contribution in [2.75, 3.05) is 24.7 Å². The largest absolute Gasteiger partial charge is 0.504 e. The van der Waals surface area contributed by atoms with Gasteiger partial charge in [0.2, 0.25) is 5.91 Å². The second kappa shape index (κ2) is 10.3. The summed E-state index contributed by atoms with van der Waals surface area (Å²) in [5.74, 6) is -0.795. The number of hydrogen-bond donors (Lipinski definition) is 2. The Hall–Kier alpha value is -2.43. The molecular formula is C21H19BrN2O5S2. The molecular weight excluding hydrogens is 504 g/mol. The van der Waals surface area contributed by atoms with Crippen LogP contribution in [0.5, 0.6) is 11.5 Å².